The highest BCUT2D eigenvalue weighted by Gasteiger charge is 2.17. The molecule has 0 N–H and O–H groups in total. The summed E-state index contributed by atoms with van der Waals surface area (Å²) in [4.78, 5) is 2.40. The number of fused-ring (bicyclic) bond motifs is 10. The van der Waals surface area contributed by atoms with Gasteiger partial charge in [-0.05, 0) is 91.6 Å². The smallest absolute Gasteiger partial charge is 0.0468 e. The normalized spacial score (nSPS) is 11.8. The average molecular weight is 552 g/mol. The molecule has 0 spiro atoms. The summed E-state index contributed by atoms with van der Waals surface area (Å²) in [5.41, 5.74) is 3.45. The van der Waals surface area contributed by atoms with Gasteiger partial charge in [0.1, 0.15) is 0 Å². The van der Waals surface area contributed by atoms with Crippen LogP contribution in [-0.4, -0.2) is 0 Å². The Morgan fingerprint density at radius 3 is 1.62 bits per heavy atom. The molecule has 42 heavy (non-hydrogen) atoms. The summed E-state index contributed by atoms with van der Waals surface area (Å²) in [5.74, 6) is 0. The third kappa shape index (κ3) is 3.56. The van der Waals surface area contributed by atoms with Crippen molar-refractivity contribution < 1.29 is 0 Å². The van der Waals surface area contributed by atoms with Crippen molar-refractivity contribution in [1.29, 1.82) is 0 Å². The molecule has 2 heteroatoms. The molecular weight excluding hydrogens is 527 g/mol. The molecule has 0 aliphatic rings. The van der Waals surface area contributed by atoms with E-state index in [1.807, 2.05) is 11.3 Å². The lowest BCUT2D eigenvalue weighted by Crippen LogP contribution is -2.09. The Morgan fingerprint density at radius 1 is 0.333 bits per heavy atom. The van der Waals surface area contributed by atoms with E-state index in [9.17, 15) is 0 Å². The molecule has 0 aliphatic carbocycles. The highest BCUT2D eigenvalue weighted by molar-refractivity contribution is 7.26. The van der Waals surface area contributed by atoms with E-state index in [0.717, 1.165) is 17.1 Å². The van der Waals surface area contributed by atoms with Crippen LogP contribution in [0.15, 0.2) is 152 Å². The molecular formula is C40H25NS. The van der Waals surface area contributed by atoms with Crippen LogP contribution < -0.4 is 4.90 Å². The van der Waals surface area contributed by atoms with Crippen LogP contribution in [0.1, 0.15) is 0 Å². The Hall–Kier alpha value is -5.18. The Kier molecular flexibility index (Phi) is 5.13. The van der Waals surface area contributed by atoms with Crippen LogP contribution in [0.5, 0.6) is 0 Å². The molecule has 0 saturated heterocycles. The minimum Gasteiger partial charge on any atom is -0.310 e. The minimum absolute atomic E-state index is 1.14. The lowest BCUT2D eigenvalue weighted by Gasteiger charge is -2.26. The highest BCUT2D eigenvalue weighted by Crippen LogP contribution is 2.44. The number of hydrogen-bond donors (Lipinski definition) is 0. The lowest BCUT2D eigenvalue weighted by molar-refractivity contribution is 1.30. The van der Waals surface area contributed by atoms with Crippen molar-refractivity contribution in [2.75, 3.05) is 4.90 Å². The summed E-state index contributed by atoms with van der Waals surface area (Å²) in [7, 11) is 0. The van der Waals surface area contributed by atoms with E-state index in [1.165, 1.54) is 63.3 Å². The van der Waals surface area contributed by atoms with Crippen molar-refractivity contribution in [3.63, 3.8) is 0 Å². The molecule has 0 aliphatic heterocycles. The fraction of sp³-hybridized carbons (Fsp3) is 0. The molecule has 0 atom stereocenters. The summed E-state index contributed by atoms with van der Waals surface area (Å²) in [6, 6.07) is 55.5. The number of para-hydroxylation sites is 1. The van der Waals surface area contributed by atoms with E-state index in [-0.39, 0.29) is 0 Å². The molecule has 0 amide bonds. The molecule has 1 nitrogen and oxygen atoms in total. The van der Waals surface area contributed by atoms with Crippen molar-refractivity contribution in [2.45, 2.75) is 0 Å². The first-order valence-electron chi connectivity index (χ1n) is 14.4. The van der Waals surface area contributed by atoms with Crippen LogP contribution in [0.4, 0.5) is 17.1 Å². The SMILES string of the molecule is c1ccc(N(c2ccc3ccc4ccc5ccccc5c4c3c2)c2ccc3sc4ccc5ccccc5c4c3c2)cc1. The van der Waals surface area contributed by atoms with Gasteiger partial charge < -0.3 is 4.90 Å². The maximum atomic E-state index is 2.40. The van der Waals surface area contributed by atoms with Gasteiger partial charge in [0.2, 0.25) is 0 Å². The van der Waals surface area contributed by atoms with Gasteiger partial charge in [-0.25, -0.2) is 0 Å². The minimum atomic E-state index is 1.14. The number of rotatable bonds is 3. The maximum absolute atomic E-state index is 2.40. The van der Waals surface area contributed by atoms with Gasteiger partial charge in [0.05, 0.1) is 0 Å². The molecule has 9 rings (SSSR count). The van der Waals surface area contributed by atoms with Gasteiger partial charge in [0.15, 0.2) is 0 Å². The van der Waals surface area contributed by atoms with Gasteiger partial charge in [-0.15, -0.1) is 11.3 Å². The van der Waals surface area contributed by atoms with E-state index in [1.54, 1.807) is 0 Å². The number of anilines is 3. The number of nitrogens with zero attached hydrogens (tertiary/aromatic N) is 1. The molecule has 9 aromatic rings. The second-order valence-electron chi connectivity index (χ2n) is 11.0. The summed E-state index contributed by atoms with van der Waals surface area (Å²) in [6.07, 6.45) is 0. The predicted molar refractivity (Wildman–Crippen MR) is 184 cm³/mol. The van der Waals surface area contributed by atoms with Crippen LogP contribution in [0.2, 0.25) is 0 Å². The van der Waals surface area contributed by atoms with Crippen molar-refractivity contribution in [2.24, 2.45) is 0 Å². The van der Waals surface area contributed by atoms with E-state index < -0.39 is 0 Å². The molecule has 8 aromatic carbocycles. The summed E-state index contributed by atoms with van der Waals surface area (Å²) >= 11 is 1.87. The molecule has 0 unspecified atom stereocenters. The van der Waals surface area contributed by atoms with Gasteiger partial charge in [-0.2, -0.15) is 0 Å². The fourth-order valence-corrected chi connectivity index (χ4v) is 7.75. The van der Waals surface area contributed by atoms with Crippen LogP contribution in [0.3, 0.4) is 0 Å². The number of hydrogen-bond acceptors (Lipinski definition) is 2. The van der Waals surface area contributed by atoms with Crippen LogP contribution in [0.25, 0.3) is 63.3 Å². The second-order valence-corrected chi connectivity index (χ2v) is 12.1. The zero-order chi connectivity index (χ0) is 27.6. The average Bonchev–Trinajstić information content (AvgIpc) is 3.44. The van der Waals surface area contributed by atoms with Crippen molar-refractivity contribution in [3.8, 4) is 0 Å². The first kappa shape index (κ1) is 23.5. The van der Waals surface area contributed by atoms with E-state index >= 15 is 0 Å². The zero-order valence-corrected chi connectivity index (χ0v) is 23.6. The summed E-state index contributed by atoms with van der Waals surface area (Å²) in [5, 5.41) is 12.9. The first-order chi connectivity index (χ1) is 20.8. The fourth-order valence-electron chi connectivity index (χ4n) is 6.65. The molecule has 1 heterocycles. The molecule has 196 valence electrons. The first-order valence-corrected chi connectivity index (χ1v) is 15.2. The zero-order valence-electron chi connectivity index (χ0n) is 22.8. The third-order valence-electron chi connectivity index (χ3n) is 8.58. The topological polar surface area (TPSA) is 3.24 Å². The van der Waals surface area contributed by atoms with Crippen molar-refractivity contribution in [3.05, 3.63) is 152 Å². The number of thiophene rings is 1. The monoisotopic (exact) mass is 551 g/mol. The molecule has 0 saturated carbocycles. The summed E-state index contributed by atoms with van der Waals surface area (Å²) in [6.45, 7) is 0. The Morgan fingerprint density at radius 2 is 0.857 bits per heavy atom. The van der Waals surface area contributed by atoms with Crippen LogP contribution in [0, 0.1) is 0 Å². The van der Waals surface area contributed by atoms with Crippen molar-refractivity contribution in [1.82, 2.24) is 0 Å². The van der Waals surface area contributed by atoms with Crippen molar-refractivity contribution >= 4 is 91.7 Å². The predicted octanol–water partition coefficient (Wildman–Crippen LogP) is 12.1. The Labute approximate surface area is 247 Å². The largest absolute Gasteiger partial charge is 0.310 e. The molecule has 1 aromatic heterocycles. The van der Waals surface area contributed by atoms with Gasteiger partial charge >= 0.3 is 0 Å². The lowest BCUT2D eigenvalue weighted by atomic mass is 9.96. The maximum Gasteiger partial charge on any atom is 0.0468 e. The van der Waals surface area contributed by atoms with Crippen LogP contribution in [-0.2, 0) is 0 Å². The van der Waals surface area contributed by atoms with E-state index in [2.05, 4.69) is 157 Å². The Balaban J connectivity index is 1.33. The van der Waals surface area contributed by atoms with Gasteiger partial charge in [0.25, 0.3) is 0 Å². The summed E-state index contributed by atoms with van der Waals surface area (Å²) < 4.78 is 2.64. The number of benzene rings is 8. The van der Waals surface area contributed by atoms with Crippen LogP contribution >= 0.6 is 11.3 Å². The Bertz CT molecular complexity index is 2470. The molecule has 0 fully saturated rings. The van der Waals surface area contributed by atoms with E-state index in [4.69, 9.17) is 0 Å². The van der Waals surface area contributed by atoms with E-state index in [0.29, 0.717) is 0 Å². The highest BCUT2D eigenvalue weighted by atomic mass is 32.1. The van der Waals surface area contributed by atoms with Gasteiger partial charge in [0, 0.05) is 37.2 Å². The van der Waals surface area contributed by atoms with Gasteiger partial charge in [-0.1, -0.05) is 103 Å². The second kappa shape index (κ2) is 9.17. The standard InChI is InChI=1S/C40H25NS/c1-2-10-30(11-3-1)41(32-21-23-37-36(25-32)40-34-13-7-5-9-27(34)19-22-38(40)42-37)31-20-18-28-15-17-29-16-14-26-8-4-6-12-33(26)39(29)35(28)24-31/h1-25H. The van der Waals surface area contributed by atoms with Gasteiger partial charge in [-0.3, -0.25) is 0 Å². The quantitative estimate of drug-likeness (QED) is 0.197. The molecule has 0 radical (unpaired) electrons. The third-order valence-corrected chi connectivity index (χ3v) is 9.72. The molecule has 0 bridgehead atoms.